The summed E-state index contributed by atoms with van der Waals surface area (Å²) in [5.41, 5.74) is 1.27. The van der Waals surface area contributed by atoms with E-state index in [1.54, 1.807) is 31.2 Å². The third-order valence-corrected chi connectivity index (χ3v) is 2.10. The monoisotopic (exact) mass is 252 g/mol. The smallest absolute Gasteiger partial charge is 0.146 e. The lowest BCUT2D eigenvalue weighted by Gasteiger charge is -2.07. The number of nitrogens with zero attached hydrogens (tertiary/aromatic N) is 2. The van der Waals surface area contributed by atoms with Gasteiger partial charge in [0.1, 0.15) is 17.5 Å². The third-order valence-electron chi connectivity index (χ3n) is 2.10. The molecule has 0 aliphatic rings. The number of anilines is 2. The minimum atomic E-state index is -0.295. The minimum absolute atomic E-state index is 0. The predicted molar refractivity (Wildman–Crippen MR) is 61.2 cm³/mol. The maximum absolute atomic E-state index is 13.4. The summed E-state index contributed by atoms with van der Waals surface area (Å²) < 4.78 is 13.4. The van der Waals surface area contributed by atoms with Crippen LogP contribution in [0.1, 0.15) is 11.5 Å². The molecule has 0 unspecified atom stereocenters. The van der Waals surface area contributed by atoms with Gasteiger partial charge in [0, 0.05) is 11.8 Å². The van der Waals surface area contributed by atoms with Gasteiger partial charge in [-0.1, -0.05) is 12.1 Å². The average Bonchev–Trinajstić information content (AvgIpc) is 2.20. The van der Waals surface area contributed by atoms with Gasteiger partial charge in [-0.05, 0) is 26.0 Å². The number of rotatable bonds is 2. The Balaban J connectivity index is 0.00000144. The van der Waals surface area contributed by atoms with Gasteiger partial charge in [0.25, 0.3) is 0 Å². The van der Waals surface area contributed by atoms with Crippen LogP contribution >= 0.6 is 0 Å². The molecule has 1 aromatic carbocycles. The molecule has 0 radical (unpaired) electrons. The van der Waals surface area contributed by atoms with Crippen molar-refractivity contribution in [3.05, 3.63) is 47.7 Å². The summed E-state index contributed by atoms with van der Waals surface area (Å²) in [6.07, 6.45) is 0. The SMILES string of the molecule is Cc1cc(Nc2ccccc2F)nc(C)n1.[Cl-]. The van der Waals surface area contributed by atoms with Crippen molar-refractivity contribution in [2.75, 3.05) is 5.32 Å². The number of hydrogen-bond acceptors (Lipinski definition) is 3. The molecule has 17 heavy (non-hydrogen) atoms. The van der Waals surface area contributed by atoms with Crippen molar-refractivity contribution in [2.24, 2.45) is 0 Å². The summed E-state index contributed by atoms with van der Waals surface area (Å²) in [5, 5.41) is 2.93. The summed E-state index contributed by atoms with van der Waals surface area (Å²) in [6.45, 7) is 3.68. The van der Waals surface area contributed by atoms with Crippen LogP contribution in [0.4, 0.5) is 15.9 Å². The summed E-state index contributed by atoms with van der Waals surface area (Å²) in [6, 6.07) is 8.27. The molecule has 1 aromatic heterocycles. The zero-order valence-electron chi connectivity index (χ0n) is 9.54. The summed E-state index contributed by atoms with van der Waals surface area (Å²) in [5.74, 6) is 0.977. The molecule has 0 amide bonds. The van der Waals surface area contributed by atoms with Crippen LogP contribution in [0.15, 0.2) is 30.3 Å². The van der Waals surface area contributed by atoms with Crippen LogP contribution in [0, 0.1) is 19.7 Å². The Hall–Kier alpha value is -1.68. The Bertz CT molecular complexity index is 497. The predicted octanol–water partition coefficient (Wildman–Crippen LogP) is -0.0199. The molecular weight excluding hydrogens is 241 g/mol. The van der Waals surface area contributed by atoms with Crippen molar-refractivity contribution >= 4 is 11.5 Å². The minimum Gasteiger partial charge on any atom is -1.00 e. The zero-order chi connectivity index (χ0) is 11.5. The highest BCUT2D eigenvalue weighted by molar-refractivity contribution is 5.56. The van der Waals surface area contributed by atoms with E-state index in [9.17, 15) is 4.39 Å². The molecule has 3 nitrogen and oxygen atoms in total. The first-order chi connectivity index (χ1) is 7.65. The number of aromatic nitrogens is 2. The van der Waals surface area contributed by atoms with E-state index in [4.69, 9.17) is 0 Å². The van der Waals surface area contributed by atoms with Crippen molar-refractivity contribution in [2.45, 2.75) is 13.8 Å². The van der Waals surface area contributed by atoms with Crippen LogP contribution in [0.3, 0.4) is 0 Å². The first-order valence-corrected chi connectivity index (χ1v) is 4.99. The fraction of sp³-hybridized carbons (Fsp3) is 0.167. The van der Waals surface area contributed by atoms with Gasteiger partial charge in [0.05, 0.1) is 5.69 Å². The molecule has 1 heterocycles. The fourth-order valence-corrected chi connectivity index (χ4v) is 1.48. The van der Waals surface area contributed by atoms with Crippen molar-refractivity contribution in [3.8, 4) is 0 Å². The standard InChI is InChI=1S/C12H12FN3.ClH/c1-8-7-12(15-9(2)14-8)16-11-6-4-3-5-10(11)13;/h3-7H,1-2H3,(H,14,15,16);1H/p-1. The number of aryl methyl sites for hydroxylation is 2. The second-order valence-corrected chi connectivity index (χ2v) is 3.55. The molecular formula is C12H12ClFN3-. The number of nitrogens with one attached hydrogen (secondary N) is 1. The van der Waals surface area contributed by atoms with Gasteiger partial charge in [0.15, 0.2) is 0 Å². The Morgan fingerprint density at radius 1 is 1.12 bits per heavy atom. The van der Waals surface area contributed by atoms with Gasteiger partial charge < -0.3 is 17.7 Å². The highest BCUT2D eigenvalue weighted by Gasteiger charge is 2.03. The lowest BCUT2D eigenvalue weighted by molar-refractivity contribution is -0.00000422. The number of benzene rings is 1. The first-order valence-electron chi connectivity index (χ1n) is 4.99. The van der Waals surface area contributed by atoms with Crippen LogP contribution in [0.25, 0.3) is 0 Å². The molecule has 1 N–H and O–H groups in total. The van der Waals surface area contributed by atoms with Gasteiger partial charge in [-0.25, -0.2) is 14.4 Å². The fourth-order valence-electron chi connectivity index (χ4n) is 1.48. The maximum Gasteiger partial charge on any atom is 0.146 e. The Kier molecular flexibility index (Phi) is 4.40. The van der Waals surface area contributed by atoms with Crippen LogP contribution < -0.4 is 17.7 Å². The lowest BCUT2D eigenvalue weighted by atomic mass is 10.3. The van der Waals surface area contributed by atoms with E-state index in [0.29, 0.717) is 17.3 Å². The summed E-state index contributed by atoms with van der Waals surface area (Å²) >= 11 is 0. The van der Waals surface area contributed by atoms with E-state index >= 15 is 0 Å². The second kappa shape index (κ2) is 5.59. The van der Waals surface area contributed by atoms with Gasteiger partial charge in [0.2, 0.25) is 0 Å². The molecule has 0 aliphatic heterocycles. The van der Waals surface area contributed by atoms with Crippen LogP contribution in [0.2, 0.25) is 0 Å². The Morgan fingerprint density at radius 3 is 2.47 bits per heavy atom. The molecule has 0 saturated carbocycles. The molecule has 0 saturated heterocycles. The maximum atomic E-state index is 13.4. The molecule has 0 fully saturated rings. The summed E-state index contributed by atoms with van der Waals surface area (Å²) in [4.78, 5) is 8.33. The Morgan fingerprint density at radius 2 is 1.82 bits per heavy atom. The van der Waals surface area contributed by atoms with E-state index in [2.05, 4.69) is 15.3 Å². The largest absolute Gasteiger partial charge is 1.00 e. The van der Waals surface area contributed by atoms with Crippen molar-refractivity contribution in [1.29, 1.82) is 0 Å². The molecule has 0 atom stereocenters. The van der Waals surface area contributed by atoms with Gasteiger partial charge in [-0.3, -0.25) is 0 Å². The summed E-state index contributed by atoms with van der Waals surface area (Å²) in [7, 11) is 0. The van der Waals surface area contributed by atoms with Crippen molar-refractivity contribution < 1.29 is 16.8 Å². The molecule has 2 rings (SSSR count). The van der Waals surface area contributed by atoms with E-state index in [-0.39, 0.29) is 18.2 Å². The zero-order valence-corrected chi connectivity index (χ0v) is 10.3. The normalized spacial score (nSPS) is 9.59. The highest BCUT2D eigenvalue weighted by Crippen LogP contribution is 2.18. The number of para-hydroxylation sites is 1. The van der Waals surface area contributed by atoms with E-state index in [1.165, 1.54) is 6.07 Å². The number of hydrogen-bond donors (Lipinski definition) is 1. The third kappa shape index (κ3) is 3.39. The van der Waals surface area contributed by atoms with E-state index < -0.39 is 0 Å². The van der Waals surface area contributed by atoms with E-state index in [0.717, 1.165) is 5.69 Å². The lowest BCUT2D eigenvalue weighted by Crippen LogP contribution is -3.00. The molecule has 0 bridgehead atoms. The van der Waals surface area contributed by atoms with Gasteiger partial charge in [-0.2, -0.15) is 0 Å². The quantitative estimate of drug-likeness (QED) is 0.817. The highest BCUT2D eigenvalue weighted by atomic mass is 35.5. The van der Waals surface area contributed by atoms with Crippen LogP contribution in [0.5, 0.6) is 0 Å². The van der Waals surface area contributed by atoms with E-state index in [1.807, 2.05) is 6.92 Å². The molecule has 5 heteroatoms. The number of halogens is 2. The average molecular weight is 253 g/mol. The molecule has 0 aliphatic carbocycles. The molecule has 90 valence electrons. The molecule has 2 aromatic rings. The van der Waals surface area contributed by atoms with Gasteiger partial charge >= 0.3 is 0 Å². The van der Waals surface area contributed by atoms with Crippen LogP contribution in [-0.4, -0.2) is 9.97 Å². The molecule has 0 spiro atoms. The Labute approximate surface area is 106 Å². The van der Waals surface area contributed by atoms with Crippen molar-refractivity contribution in [1.82, 2.24) is 9.97 Å². The van der Waals surface area contributed by atoms with Gasteiger partial charge in [-0.15, -0.1) is 0 Å². The van der Waals surface area contributed by atoms with Crippen molar-refractivity contribution in [3.63, 3.8) is 0 Å². The first kappa shape index (κ1) is 13.4. The topological polar surface area (TPSA) is 37.8 Å². The second-order valence-electron chi connectivity index (χ2n) is 3.55. The van der Waals surface area contributed by atoms with Crippen LogP contribution in [-0.2, 0) is 0 Å².